The molecule has 1 aromatic heterocycles. The van der Waals surface area contributed by atoms with Crippen LogP contribution in [0.25, 0.3) is 0 Å². The van der Waals surface area contributed by atoms with Crippen molar-refractivity contribution in [2.45, 2.75) is 26.4 Å². The van der Waals surface area contributed by atoms with Crippen molar-refractivity contribution in [1.82, 2.24) is 9.55 Å². The molecule has 0 spiro atoms. The van der Waals surface area contributed by atoms with Crippen molar-refractivity contribution in [1.29, 1.82) is 0 Å². The molecule has 0 saturated carbocycles. The first kappa shape index (κ1) is 14.1. The van der Waals surface area contributed by atoms with E-state index in [-0.39, 0.29) is 11.6 Å². The van der Waals surface area contributed by atoms with Crippen molar-refractivity contribution in [3.05, 3.63) is 52.6 Å². The van der Waals surface area contributed by atoms with E-state index in [1.807, 2.05) is 43.0 Å². The molecule has 106 valence electrons. The van der Waals surface area contributed by atoms with E-state index in [1.54, 1.807) is 19.4 Å². The maximum atomic E-state index is 12.2. The average molecular weight is 272 g/mol. The first-order valence-electron chi connectivity index (χ1n) is 6.61. The smallest absolute Gasteiger partial charge is 0.293 e. The van der Waals surface area contributed by atoms with Crippen LogP contribution in [-0.2, 0) is 13.6 Å². The number of rotatable bonds is 4. The standard InChI is InChI=1S/C15H20N4O/c1-11(2)19(10-12-5-4-6-13(16)9-12)14-15(20)18(3)8-7-17-14/h4-9,11H,10,16H2,1-3H3. The molecule has 5 nitrogen and oxygen atoms in total. The van der Waals surface area contributed by atoms with Crippen molar-refractivity contribution >= 4 is 11.5 Å². The number of aromatic nitrogens is 2. The van der Waals surface area contributed by atoms with Crippen molar-refractivity contribution in [3.63, 3.8) is 0 Å². The van der Waals surface area contributed by atoms with Gasteiger partial charge < -0.3 is 15.2 Å². The molecule has 20 heavy (non-hydrogen) atoms. The summed E-state index contributed by atoms with van der Waals surface area (Å²) in [5.41, 5.74) is 7.49. The summed E-state index contributed by atoms with van der Waals surface area (Å²) in [5, 5.41) is 0. The van der Waals surface area contributed by atoms with Crippen molar-refractivity contribution in [3.8, 4) is 0 Å². The quantitative estimate of drug-likeness (QED) is 0.862. The number of anilines is 2. The van der Waals surface area contributed by atoms with Crippen LogP contribution >= 0.6 is 0 Å². The molecule has 2 aromatic rings. The minimum atomic E-state index is -0.0925. The van der Waals surface area contributed by atoms with Crippen molar-refractivity contribution in [2.24, 2.45) is 7.05 Å². The molecule has 0 amide bonds. The Morgan fingerprint density at radius 3 is 2.80 bits per heavy atom. The van der Waals surface area contributed by atoms with E-state index < -0.39 is 0 Å². The highest BCUT2D eigenvalue weighted by molar-refractivity contribution is 5.44. The number of hydrogen-bond donors (Lipinski definition) is 1. The van der Waals surface area contributed by atoms with Gasteiger partial charge in [0.25, 0.3) is 5.56 Å². The zero-order valence-corrected chi connectivity index (χ0v) is 12.1. The Bertz CT molecular complexity index is 648. The van der Waals surface area contributed by atoms with Gasteiger partial charge in [-0.2, -0.15) is 0 Å². The van der Waals surface area contributed by atoms with Crippen LogP contribution in [0.1, 0.15) is 19.4 Å². The largest absolute Gasteiger partial charge is 0.399 e. The zero-order valence-electron chi connectivity index (χ0n) is 12.1. The van der Waals surface area contributed by atoms with E-state index in [4.69, 9.17) is 5.73 Å². The molecular formula is C15H20N4O. The van der Waals surface area contributed by atoms with Gasteiger partial charge in [0, 0.05) is 37.7 Å². The third kappa shape index (κ3) is 2.99. The van der Waals surface area contributed by atoms with Crippen LogP contribution in [0.3, 0.4) is 0 Å². The lowest BCUT2D eigenvalue weighted by atomic mass is 10.1. The number of nitrogen functional groups attached to an aromatic ring is 1. The van der Waals surface area contributed by atoms with Gasteiger partial charge in [0.05, 0.1) is 0 Å². The molecule has 0 bridgehead atoms. The van der Waals surface area contributed by atoms with Crippen LogP contribution in [0, 0.1) is 0 Å². The Balaban J connectivity index is 2.37. The number of nitrogens with two attached hydrogens (primary N) is 1. The molecule has 0 saturated heterocycles. The van der Waals surface area contributed by atoms with Gasteiger partial charge in [-0.05, 0) is 31.5 Å². The summed E-state index contributed by atoms with van der Waals surface area (Å²) in [4.78, 5) is 18.4. The Hall–Kier alpha value is -2.30. The zero-order chi connectivity index (χ0) is 14.7. The molecule has 0 aliphatic rings. The third-order valence-electron chi connectivity index (χ3n) is 3.20. The normalized spacial score (nSPS) is 10.8. The molecule has 0 unspecified atom stereocenters. The summed E-state index contributed by atoms with van der Waals surface area (Å²) >= 11 is 0. The Morgan fingerprint density at radius 1 is 1.40 bits per heavy atom. The second-order valence-electron chi connectivity index (χ2n) is 5.13. The van der Waals surface area contributed by atoms with E-state index in [2.05, 4.69) is 4.98 Å². The SMILES string of the molecule is CC(C)N(Cc1cccc(N)c1)c1nccn(C)c1=O. The Labute approximate surface area is 118 Å². The van der Waals surface area contributed by atoms with Gasteiger partial charge >= 0.3 is 0 Å². The monoisotopic (exact) mass is 272 g/mol. The van der Waals surface area contributed by atoms with Crippen LogP contribution in [-0.4, -0.2) is 15.6 Å². The van der Waals surface area contributed by atoms with E-state index in [9.17, 15) is 4.79 Å². The van der Waals surface area contributed by atoms with E-state index in [0.717, 1.165) is 11.3 Å². The fourth-order valence-electron chi connectivity index (χ4n) is 2.07. The molecule has 0 aliphatic carbocycles. The predicted octanol–water partition coefficient (Wildman–Crippen LogP) is 1.78. The molecule has 2 rings (SSSR count). The Kier molecular flexibility index (Phi) is 4.08. The maximum absolute atomic E-state index is 12.2. The fourth-order valence-corrected chi connectivity index (χ4v) is 2.07. The highest BCUT2D eigenvalue weighted by atomic mass is 16.1. The van der Waals surface area contributed by atoms with Gasteiger partial charge in [0.15, 0.2) is 5.82 Å². The Morgan fingerprint density at radius 2 is 2.15 bits per heavy atom. The van der Waals surface area contributed by atoms with E-state index in [1.165, 1.54) is 4.57 Å². The number of benzene rings is 1. The molecule has 1 heterocycles. The summed E-state index contributed by atoms with van der Waals surface area (Å²) in [7, 11) is 1.73. The second kappa shape index (κ2) is 5.77. The van der Waals surface area contributed by atoms with Crippen LogP contribution < -0.4 is 16.2 Å². The van der Waals surface area contributed by atoms with Gasteiger partial charge in [0.1, 0.15) is 0 Å². The summed E-state index contributed by atoms with van der Waals surface area (Å²) < 4.78 is 1.54. The molecule has 0 aliphatic heterocycles. The van der Waals surface area contributed by atoms with Gasteiger partial charge in [-0.3, -0.25) is 4.79 Å². The minimum absolute atomic E-state index is 0.0925. The minimum Gasteiger partial charge on any atom is -0.399 e. The van der Waals surface area contributed by atoms with Crippen LogP contribution in [0.4, 0.5) is 11.5 Å². The summed E-state index contributed by atoms with van der Waals surface area (Å²) in [6, 6.07) is 7.85. The van der Waals surface area contributed by atoms with Gasteiger partial charge in [-0.15, -0.1) is 0 Å². The molecule has 2 N–H and O–H groups in total. The topological polar surface area (TPSA) is 64.2 Å². The number of hydrogen-bond acceptors (Lipinski definition) is 4. The van der Waals surface area contributed by atoms with Crippen LogP contribution in [0.2, 0.25) is 0 Å². The number of aryl methyl sites for hydroxylation is 1. The highest BCUT2D eigenvalue weighted by Crippen LogP contribution is 2.15. The van der Waals surface area contributed by atoms with Crippen LogP contribution in [0.15, 0.2) is 41.5 Å². The maximum Gasteiger partial charge on any atom is 0.293 e. The predicted molar refractivity (Wildman–Crippen MR) is 81.7 cm³/mol. The molecule has 5 heteroatoms. The van der Waals surface area contributed by atoms with Gasteiger partial charge in [-0.1, -0.05) is 12.1 Å². The van der Waals surface area contributed by atoms with Gasteiger partial charge in [0.2, 0.25) is 0 Å². The lowest BCUT2D eigenvalue weighted by molar-refractivity contribution is 0.658. The number of nitrogens with zero attached hydrogens (tertiary/aromatic N) is 3. The fraction of sp³-hybridized carbons (Fsp3) is 0.333. The summed E-state index contributed by atoms with van der Waals surface area (Å²) in [6.07, 6.45) is 3.30. The molecular weight excluding hydrogens is 252 g/mol. The average Bonchev–Trinajstić information content (AvgIpc) is 2.39. The molecule has 0 atom stereocenters. The molecule has 1 aromatic carbocycles. The lowest BCUT2D eigenvalue weighted by Crippen LogP contribution is -2.37. The second-order valence-corrected chi connectivity index (χ2v) is 5.13. The van der Waals surface area contributed by atoms with Crippen LogP contribution in [0.5, 0.6) is 0 Å². The molecule has 0 radical (unpaired) electrons. The van der Waals surface area contributed by atoms with Crippen molar-refractivity contribution < 1.29 is 0 Å². The highest BCUT2D eigenvalue weighted by Gasteiger charge is 2.16. The van der Waals surface area contributed by atoms with E-state index in [0.29, 0.717) is 12.4 Å². The summed E-state index contributed by atoms with van der Waals surface area (Å²) in [6.45, 7) is 4.69. The van der Waals surface area contributed by atoms with E-state index >= 15 is 0 Å². The third-order valence-corrected chi connectivity index (χ3v) is 3.20. The first-order valence-corrected chi connectivity index (χ1v) is 6.61. The van der Waals surface area contributed by atoms with Crippen molar-refractivity contribution in [2.75, 3.05) is 10.6 Å². The summed E-state index contributed by atoms with van der Waals surface area (Å²) in [5.74, 6) is 0.465. The molecule has 0 fully saturated rings. The first-order chi connectivity index (χ1) is 9.49. The van der Waals surface area contributed by atoms with Gasteiger partial charge in [-0.25, -0.2) is 4.98 Å². The lowest BCUT2D eigenvalue weighted by Gasteiger charge is -2.27.